The average Bonchev–Trinajstić information content (AvgIpc) is 2.04. The highest BCUT2D eigenvalue weighted by Crippen LogP contribution is 2.27. The van der Waals surface area contributed by atoms with Crippen LogP contribution in [0.3, 0.4) is 0 Å². The van der Waals surface area contributed by atoms with E-state index in [4.69, 9.17) is 10.3 Å². The van der Waals surface area contributed by atoms with Gasteiger partial charge in [-0.15, -0.1) is 4.52 Å². The number of hydrogen-bond acceptors (Lipinski definition) is 4. The van der Waals surface area contributed by atoms with Gasteiger partial charge in [-0.05, 0) is 12.1 Å². The van der Waals surface area contributed by atoms with Crippen molar-refractivity contribution >= 4 is 13.9 Å². The van der Waals surface area contributed by atoms with Crippen molar-refractivity contribution in [2.75, 3.05) is 12.8 Å². The summed E-state index contributed by atoms with van der Waals surface area (Å²) in [7, 11) is -0.762. The van der Waals surface area contributed by atoms with E-state index in [1.165, 1.54) is 7.11 Å². The molecule has 5 heteroatoms. The van der Waals surface area contributed by atoms with E-state index in [0.717, 1.165) is 0 Å². The molecule has 1 unspecified atom stereocenters. The second kappa shape index (κ2) is 4.04. The molecule has 2 N–H and O–H groups in total. The molecule has 0 fully saturated rings. The van der Waals surface area contributed by atoms with Gasteiger partial charge in [-0.2, -0.15) is 0 Å². The SMILES string of the molecule is CO[P+](=O)Oc1cccc(N)c1. The van der Waals surface area contributed by atoms with Crippen molar-refractivity contribution in [2.45, 2.75) is 0 Å². The summed E-state index contributed by atoms with van der Waals surface area (Å²) in [5.74, 6) is 0.443. The monoisotopic (exact) mass is 186 g/mol. The Bertz CT molecular complexity index is 290. The maximum absolute atomic E-state index is 10.8. The van der Waals surface area contributed by atoms with Gasteiger partial charge >= 0.3 is 8.25 Å². The normalized spacial score (nSPS) is 10.9. The minimum Gasteiger partial charge on any atom is -0.399 e. The number of benzene rings is 1. The van der Waals surface area contributed by atoms with Crippen LogP contribution in [0.25, 0.3) is 0 Å². The highest BCUT2D eigenvalue weighted by Gasteiger charge is 2.18. The molecule has 0 aliphatic rings. The summed E-state index contributed by atoms with van der Waals surface area (Å²) < 4.78 is 20.0. The fourth-order valence-electron chi connectivity index (χ4n) is 0.695. The molecular weight excluding hydrogens is 177 g/mol. The van der Waals surface area contributed by atoms with Gasteiger partial charge < -0.3 is 5.73 Å². The summed E-state index contributed by atoms with van der Waals surface area (Å²) in [6.45, 7) is 0. The Morgan fingerprint density at radius 1 is 1.50 bits per heavy atom. The summed E-state index contributed by atoms with van der Waals surface area (Å²) in [5.41, 5.74) is 6.02. The molecule has 0 spiro atoms. The first-order valence-corrected chi connectivity index (χ1v) is 4.37. The Labute approximate surface area is 71.2 Å². The maximum Gasteiger partial charge on any atom is 0.749 e. The van der Waals surface area contributed by atoms with Crippen molar-refractivity contribution in [3.8, 4) is 5.75 Å². The second-order valence-corrected chi connectivity index (χ2v) is 3.06. The average molecular weight is 186 g/mol. The Kier molecular flexibility index (Phi) is 3.02. The lowest BCUT2D eigenvalue weighted by molar-refractivity contribution is 0.349. The van der Waals surface area contributed by atoms with Crippen LogP contribution in [0.15, 0.2) is 24.3 Å². The van der Waals surface area contributed by atoms with Crippen molar-refractivity contribution in [1.82, 2.24) is 0 Å². The summed E-state index contributed by atoms with van der Waals surface area (Å²) in [6, 6.07) is 6.66. The molecule has 4 nitrogen and oxygen atoms in total. The lowest BCUT2D eigenvalue weighted by atomic mass is 10.3. The van der Waals surface area contributed by atoms with Crippen LogP contribution in [0.2, 0.25) is 0 Å². The molecule has 1 rings (SSSR count). The molecule has 1 atom stereocenters. The first kappa shape index (κ1) is 8.97. The maximum atomic E-state index is 10.8. The number of rotatable bonds is 3. The zero-order chi connectivity index (χ0) is 8.97. The standard InChI is InChI=1S/C7H9NO3P/c1-10-12(9)11-7-4-2-3-6(8)5-7/h2-5H,8H2,1H3/q+1. The number of anilines is 1. The van der Waals surface area contributed by atoms with Crippen LogP contribution in [0, 0.1) is 0 Å². The molecule has 0 amide bonds. The van der Waals surface area contributed by atoms with Crippen molar-refractivity contribution in [2.24, 2.45) is 0 Å². The molecule has 1 aromatic carbocycles. The van der Waals surface area contributed by atoms with Gasteiger partial charge in [-0.3, -0.25) is 0 Å². The Morgan fingerprint density at radius 3 is 2.83 bits per heavy atom. The van der Waals surface area contributed by atoms with Crippen LogP contribution in [-0.4, -0.2) is 7.11 Å². The highest BCUT2D eigenvalue weighted by atomic mass is 31.1. The molecule has 12 heavy (non-hydrogen) atoms. The molecule has 1 aromatic rings. The Morgan fingerprint density at radius 2 is 2.25 bits per heavy atom. The number of nitrogens with two attached hydrogens (primary N) is 1. The van der Waals surface area contributed by atoms with E-state index in [9.17, 15) is 4.57 Å². The molecule has 0 aliphatic carbocycles. The van der Waals surface area contributed by atoms with E-state index in [0.29, 0.717) is 11.4 Å². The predicted molar refractivity (Wildman–Crippen MR) is 46.1 cm³/mol. The van der Waals surface area contributed by atoms with Gasteiger partial charge in [0.15, 0.2) is 5.75 Å². The Hall–Kier alpha value is -1.12. The first-order chi connectivity index (χ1) is 5.72. The summed E-state index contributed by atoms with van der Waals surface area (Å²) in [4.78, 5) is 0. The predicted octanol–water partition coefficient (Wildman–Crippen LogP) is 1.95. The quantitative estimate of drug-likeness (QED) is 0.578. The van der Waals surface area contributed by atoms with E-state index >= 15 is 0 Å². The van der Waals surface area contributed by atoms with E-state index < -0.39 is 8.25 Å². The first-order valence-electron chi connectivity index (χ1n) is 3.27. The topological polar surface area (TPSA) is 61.5 Å². The summed E-state index contributed by atoms with van der Waals surface area (Å²) in [5, 5.41) is 0. The minimum atomic E-state index is -2.07. The van der Waals surface area contributed by atoms with E-state index in [1.807, 2.05) is 0 Å². The molecule has 0 aliphatic heterocycles. The molecule has 0 radical (unpaired) electrons. The third-order valence-electron chi connectivity index (χ3n) is 1.19. The van der Waals surface area contributed by atoms with Crippen molar-refractivity contribution < 1.29 is 13.6 Å². The van der Waals surface area contributed by atoms with Gasteiger partial charge in [-0.25, -0.2) is 4.52 Å². The molecule has 0 bridgehead atoms. The minimum absolute atomic E-state index is 0.443. The molecule has 0 heterocycles. The zero-order valence-corrected chi connectivity index (χ0v) is 7.45. The number of hydrogen-bond donors (Lipinski definition) is 1. The van der Waals surface area contributed by atoms with Gasteiger partial charge in [0.25, 0.3) is 0 Å². The third kappa shape index (κ3) is 2.49. The van der Waals surface area contributed by atoms with Gasteiger partial charge in [0.05, 0.1) is 7.11 Å². The highest BCUT2D eigenvalue weighted by molar-refractivity contribution is 7.33. The number of nitrogen functional groups attached to an aromatic ring is 1. The van der Waals surface area contributed by atoms with Crippen LogP contribution >= 0.6 is 8.25 Å². The van der Waals surface area contributed by atoms with Crippen LogP contribution < -0.4 is 10.3 Å². The van der Waals surface area contributed by atoms with E-state index in [2.05, 4.69) is 4.52 Å². The Balaban J connectivity index is 2.69. The molecule has 0 aromatic heterocycles. The van der Waals surface area contributed by atoms with Crippen LogP contribution in [0.4, 0.5) is 5.69 Å². The van der Waals surface area contributed by atoms with Crippen molar-refractivity contribution in [3.05, 3.63) is 24.3 Å². The van der Waals surface area contributed by atoms with Gasteiger partial charge in [-0.1, -0.05) is 6.07 Å². The fourth-order valence-corrected chi connectivity index (χ4v) is 1.05. The lowest BCUT2D eigenvalue weighted by Crippen LogP contribution is -1.86. The molecule has 64 valence electrons. The van der Waals surface area contributed by atoms with Gasteiger partial charge in [0, 0.05) is 16.3 Å². The van der Waals surface area contributed by atoms with Crippen LogP contribution in [0.1, 0.15) is 0 Å². The summed E-state index contributed by atoms with van der Waals surface area (Å²) in [6.07, 6.45) is 0. The lowest BCUT2D eigenvalue weighted by Gasteiger charge is -1.92. The molecular formula is C7H9NO3P+. The van der Waals surface area contributed by atoms with Crippen molar-refractivity contribution in [3.63, 3.8) is 0 Å². The van der Waals surface area contributed by atoms with Gasteiger partial charge in [0.1, 0.15) is 0 Å². The summed E-state index contributed by atoms with van der Waals surface area (Å²) >= 11 is 0. The van der Waals surface area contributed by atoms with Crippen molar-refractivity contribution in [1.29, 1.82) is 0 Å². The molecule has 0 saturated carbocycles. The fraction of sp³-hybridized carbons (Fsp3) is 0.143. The van der Waals surface area contributed by atoms with E-state index in [1.54, 1.807) is 24.3 Å². The second-order valence-electron chi connectivity index (χ2n) is 2.07. The largest absolute Gasteiger partial charge is 0.749 e. The molecule has 0 saturated heterocycles. The van der Waals surface area contributed by atoms with Crippen LogP contribution in [-0.2, 0) is 9.09 Å². The van der Waals surface area contributed by atoms with E-state index in [-0.39, 0.29) is 0 Å². The van der Waals surface area contributed by atoms with Gasteiger partial charge in [0.2, 0.25) is 0 Å². The smallest absolute Gasteiger partial charge is 0.399 e. The van der Waals surface area contributed by atoms with Crippen LogP contribution in [0.5, 0.6) is 5.75 Å². The third-order valence-corrected chi connectivity index (χ3v) is 1.85. The zero-order valence-electron chi connectivity index (χ0n) is 6.56.